The number of para-hydroxylation sites is 1. The maximum atomic E-state index is 12.8. The topological polar surface area (TPSA) is 61.8 Å². The molecule has 5 nitrogen and oxygen atoms in total. The molecule has 3 rings (SSSR count). The van der Waals surface area contributed by atoms with Gasteiger partial charge in [-0.25, -0.2) is 4.79 Å². The van der Waals surface area contributed by atoms with Crippen molar-refractivity contribution in [3.63, 3.8) is 0 Å². The zero-order valence-electron chi connectivity index (χ0n) is 15.1. The summed E-state index contributed by atoms with van der Waals surface area (Å²) in [5, 5.41) is 12.6. The summed E-state index contributed by atoms with van der Waals surface area (Å²) in [4.78, 5) is 14.2. The number of alkyl halides is 3. The van der Waals surface area contributed by atoms with Gasteiger partial charge in [0.2, 0.25) is 0 Å². The normalized spacial score (nSPS) is 16.8. The summed E-state index contributed by atoms with van der Waals surface area (Å²) in [5.74, 6) is 0.0715. The number of carbonyl (C=O) groups is 1. The molecule has 2 aromatic rings. The average Bonchev–Trinajstić information content (AvgIpc) is 3.16. The molecule has 0 aliphatic carbocycles. The van der Waals surface area contributed by atoms with Crippen LogP contribution in [0.4, 0.5) is 23.7 Å². The lowest BCUT2D eigenvalue weighted by molar-refractivity contribution is -0.137. The van der Waals surface area contributed by atoms with Crippen molar-refractivity contribution < 1.29 is 27.8 Å². The summed E-state index contributed by atoms with van der Waals surface area (Å²) in [7, 11) is 0. The zero-order chi connectivity index (χ0) is 20.1. The fraction of sp³-hybridized carbons (Fsp3) is 0.350. The molecular weight excluding hydrogens is 373 g/mol. The number of rotatable bonds is 5. The molecule has 1 atom stereocenters. The monoisotopic (exact) mass is 394 g/mol. The van der Waals surface area contributed by atoms with Crippen molar-refractivity contribution >= 4 is 11.7 Å². The van der Waals surface area contributed by atoms with Crippen LogP contribution in [0.1, 0.15) is 24.0 Å². The molecule has 1 fully saturated rings. The van der Waals surface area contributed by atoms with E-state index in [2.05, 4.69) is 5.32 Å². The van der Waals surface area contributed by atoms with Crippen LogP contribution in [0.15, 0.2) is 48.5 Å². The van der Waals surface area contributed by atoms with Crippen LogP contribution in [-0.2, 0) is 17.5 Å². The Kier molecular flexibility index (Phi) is 6.08. The van der Waals surface area contributed by atoms with E-state index in [1.807, 2.05) is 0 Å². The van der Waals surface area contributed by atoms with Gasteiger partial charge in [0.25, 0.3) is 0 Å². The molecule has 1 saturated heterocycles. The van der Waals surface area contributed by atoms with Gasteiger partial charge in [-0.05, 0) is 43.2 Å². The smallest absolute Gasteiger partial charge is 0.416 e. The highest BCUT2D eigenvalue weighted by molar-refractivity contribution is 5.89. The first-order valence-electron chi connectivity index (χ1n) is 8.94. The first kappa shape index (κ1) is 20.0. The highest BCUT2D eigenvalue weighted by Gasteiger charge is 2.30. The molecule has 150 valence electrons. The van der Waals surface area contributed by atoms with Gasteiger partial charge in [0.1, 0.15) is 5.75 Å². The molecular formula is C20H21F3N2O3. The highest BCUT2D eigenvalue weighted by Crippen LogP contribution is 2.30. The molecule has 28 heavy (non-hydrogen) atoms. The van der Waals surface area contributed by atoms with Gasteiger partial charge in [-0.15, -0.1) is 0 Å². The zero-order valence-corrected chi connectivity index (χ0v) is 15.1. The van der Waals surface area contributed by atoms with Crippen molar-refractivity contribution in [1.82, 2.24) is 4.90 Å². The minimum absolute atomic E-state index is 0.0715. The van der Waals surface area contributed by atoms with Gasteiger partial charge >= 0.3 is 12.2 Å². The Morgan fingerprint density at radius 3 is 2.50 bits per heavy atom. The molecule has 0 aromatic heterocycles. The molecule has 1 aliphatic rings. The summed E-state index contributed by atoms with van der Waals surface area (Å²) in [6, 6.07) is 10.5. The molecule has 2 N–H and O–H groups in total. The van der Waals surface area contributed by atoms with Crippen LogP contribution in [0.2, 0.25) is 0 Å². The molecule has 1 heterocycles. The predicted octanol–water partition coefficient (Wildman–Crippen LogP) is 4.62. The van der Waals surface area contributed by atoms with Crippen LogP contribution in [0, 0.1) is 0 Å². The number of halogens is 3. The fourth-order valence-electron chi connectivity index (χ4n) is 3.05. The highest BCUT2D eigenvalue weighted by atomic mass is 19.4. The van der Waals surface area contributed by atoms with Gasteiger partial charge in [-0.2, -0.15) is 13.2 Å². The molecule has 1 aliphatic heterocycles. The third-order valence-corrected chi connectivity index (χ3v) is 4.55. The largest absolute Gasteiger partial charge is 0.508 e. The van der Waals surface area contributed by atoms with Gasteiger partial charge < -0.3 is 20.1 Å². The maximum Gasteiger partial charge on any atom is 0.416 e. The number of amides is 2. The van der Waals surface area contributed by atoms with Crippen LogP contribution < -0.4 is 5.32 Å². The standard InChI is InChI=1S/C20H21F3N2O3/c21-20(22,23)15-7-9-16(10-8-15)24-19(27)25(13-17-5-3-11-28-17)12-14-4-1-2-6-18(14)26/h1-2,4,6-10,17,26H,3,5,11-13H2,(H,24,27). The Hall–Kier alpha value is -2.74. The van der Waals surface area contributed by atoms with Crippen LogP contribution >= 0.6 is 0 Å². The van der Waals surface area contributed by atoms with Crippen molar-refractivity contribution in [3.8, 4) is 5.75 Å². The molecule has 0 spiro atoms. The van der Waals surface area contributed by atoms with Gasteiger partial charge in [-0.1, -0.05) is 18.2 Å². The van der Waals surface area contributed by atoms with E-state index in [-0.39, 0.29) is 24.1 Å². The number of ether oxygens (including phenoxy) is 1. The molecule has 2 aromatic carbocycles. The van der Waals surface area contributed by atoms with Gasteiger partial charge in [0.05, 0.1) is 18.2 Å². The minimum atomic E-state index is -4.43. The van der Waals surface area contributed by atoms with E-state index in [0.29, 0.717) is 18.7 Å². The van der Waals surface area contributed by atoms with Crippen molar-refractivity contribution in [2.45, 2.75) is 31.7 Å². The molecule has 0 bridgehead atoms. The number of nitrogens with zero attached hydrogens (tertiary/aromatic N) is 1. The van der Waals surface area contributed by atoms with Crippen molar-refractivity contribution in [2.24, 2.45) is 0 Å². The molecule has 0 radical (unpaired) electrons. The van der Waals surface area contributed by atoms with Crippen LogP contribution in [0.25, 0.3) is 0 Å². The molecule has 8 heteroatoms. The average molecular weight is 394 g/mol. The number of anilines is 1. The third-order valence-electron chi connectivity index (χ3n) is 4.55. The van der Waals surface area contributed by atoms with E-state index < -0.39 is 17.8 Å². The predicted molar refractivity (Wildman–Crippen MR) is 98.0 cm³/mol. The summed E-state index contributed by atoms with van der Waals surface area (Å²) >= 11 is 0. The minimum Gasteiger partial charge on any atom is -0.508 e. The van der Waals surface area contributed by atoms with Gasteiger partial charge in [0, 0.05) is 24.4 Å². The number of carbonyl (C=O) groups excluding carboxylic acids is 1. The number of nitrogens with one attached hydrogen (secondary N) is 1. The Morgan fingerprint density at radius 2 is 1.89 bits per heavy atom. The lowest BCUT2D eigenvalue weighted by atomic mass is 10.1. The Morgan fingerprint density at radius 1 is 1.18 bits per heavy atom. The lowest BCUT2D eigenvalue weighted by Crippen LogP contribution is -2.39. The second-order valence-corrected chi connectivity index (χ2v) is 6.65. The first-order valence-corrected chi connectivity index (χ1v) is 8.94. The van der Waals surface area contributed by atoms with E-state index >= 15 is 0 Å². The van der Waals surface area contributed by atoms with E-state index in [1.165, 1.54) is 23.1 Å². The van der Waals surface area contributed by atoms with Gasteiger partial charge in [-0.3, -0.25) is 0 Å². The van der Waals surface area contributed by atoms with Crippen LogP contribution in [0.3, 0.4) is 0 Å². The van der Waals surface area contributed by atoms with E-state index in [4.69, 9.17) is 4.74 Å². The van der Waals surface area contributed by atoms with Crippen molar-refractivity contribution in [1.29, 1.82) is 0 Å². The van der Waals surface area contributed by atoms with E-state index in [9.17, 15) is 23.1 Å². The van der Waals surface area contributed by atoms with Crippen molar-refractivity contribution in [2.75, 3.05) is 18.5 Å². The quantitative estimate of drug-likeness (QED) is 0.778. The number of aromatic hydroxyl groups is 1. The van der Waals surface area contributed by atoms with Crippen molar-refractivity contribution in [3.05, 3.63) is 59.7 Å². The fourth-order valence-corrected chi connectivity index (χ4v) is 3.05. The number of phenols is 1. The number of urea groups is 1. The summed E-state index contributed by atoms with van der Waals surface area (Å²) in [6.45, 7) is 1.11. The van der Waals surface area contributed by atoms with Crippen LogP contribution in [0.5, 0.6) is 5.75 Å². The third kappa shape index (κ3) is 5.16. The Bertz CT molecular complexity index is 803. The SMILES string of the molecule is O=C(Nc1ccc(C(F)(F)F)cc1)N(Cc1ccccc1O)CC1CCCO1. The number of hydrogen-bond donors (Lipinski definition) is 2. The molecule has 2 amide bonds. The van der Waals surface area contributed by atoms with Crippen LogP contribution in [-0.4, -0.2) is 35.3 Å². The number of phenolic OH excluding ortho intramolecular Hbond substituents is 1. The van der Waals surface area contributed by atoms with Gasteiger partial charge in [0.15, 0.2) is 0 Å². The number of benzene rings is 2. The van der Waals surface area contributed by atoms with E-state index in [1.54, 1.807) is 18.2 Å². The first-order chi connectivity index (χ1) is 13.3. The maximum absolute atomic E-state index is 12.8. The Balaban J connectivity index is 1.72. The second kappa shape index (κ2) is 8.52. The summed E-state index contributed by atoms with van der Waals surface area (Å²) in [6.07, 6.45) is -2.80. The van der Waals surface area contributed by atoms with E-state index in [0.717, 1.165) is 25.0 Å². The lowest BCUT2D eigenvalue weighted by Gasteiger charge is -2.26. The Labute approximate surface area is 160 Å². The summed E-state index contributed by atoms with van der Waals surface area (Å²) < 4.78 is 43.6. The number of hydrogen-bond acceptors (Lipinski definition) is 3. The molecule has 0 saturated carbocycles. The molecule has 1 unspecified atom stereocenters. The summed E-state index contributed by atoms with van der Waals surface area (Å²) in [5.41, 5.74) is 0.0478. The second-order valence-electron chi connectivity index (χ2n) is 6.65.